The van der Waals surface area contributed by atoms with Crippen LogP contribution >= 0.6 is 0 Å². The number of hydrogen-bond acceptors (Lipinski definition) is 2. The van der Waals surface area contributed by atoms with Crippen molar-refractivity contribution in [3.63, 3.8) is 0 Å². The number of ketones is 1. The molecule has 1 unspecified atom stereocenters. The molecule has 1 atom stereocenters. The van der Waals surface area contributed by atoms with E-state index in [9.17, 15) is 18.4 Å². The summed E-state index contributed by atoms with van der Waals surface area (Å²) in [6.45, 7) is 6.36. The number of halogens is 2. The lowest BCUT2D eigenvalue weighted by atomic mass is 10.1. The van der Waals surface area contributed by atoms with Gasteiger partial charge in [-0.25, -0.2) is 8.78 Å². The van der Waals surface area contributed by atoms with Gasteiger partial charge in [-0.05, 0) is 51.5 Å². The van der Waals surface area contributed by atoms with E-state index >= 15 is 0 Å². The van der Waals surface area contributed by atoms with Crippen LogP contribution in [0.3, 0.4) is 0 Å². The van der Waals surface area contributed by atoms with Gasteiger partial charge < -0.3 is 10.3 Å². The number of aromatic amines is 1. The van der Waals surface area contributed by atoms with E-state index in [4.69, 9.17) is 0 Å². The second kappa shape index (κ2) is 6.32. The highest BCUT2D eigenvalue weighted by atomic mass is 19.1. The van der Waals surface area contributed by atoms with Crippen LogP contribution in [0.2, 0.25) is 0 Å². The summed E-state index contributed by atoms with van der Waals surface area (Å²) < 4.78 is 27.0. The quantitative estimate of drug-likeness (QED) is 0.846. The van der Waals surface area contributed by atoms with Gasteiger partial charge >= 0.3 is 0 Å². The van der Waals surface area contributed by atoms with E-state index in [2.05, 4.69) is 10.3 Å². The number of hydrogen-bond donors (Lipinski definition) is 2. The number of aryl methyl sites for hydroxylation is 1. The second-order valence-corrected chi connectivity index (χ2v) is 5.54. The number of benzene rings is 1. The predicted octanol–water partition coefficient (Wildman–Crippen LogP) is 3.60. The number of H-pyrrole nitrogens is 1. The van der Waals surface area contributed by atoms with Gasteiger partial charge in [-0.3, -0.25) is 9.59 Å². The van der Waals surface area contributed by atoms with Crippen LogP contribution < -0.4 is 5.32 Å². The minimum Gasteiger partial charge on any atom is -0.354 e. The number of aromatic nitrogens is 1. The van der Waals surface area contributed by atoms with Gasteiger partial charge in [-0.15, -0.1) is 0 Å². The molecule has 2 rings (SSSR count). The van der Waals surface area contributed by atoms with Gasteiger partial charge in [0.25, 0.3) is 5.91 Å². The molecule has 0 aliphatic rings. The van der Waals surface area contributed by atoms with Gasteiger partial charge in [0.1, 0.15) is 17.3 Å². The Morgan fingerprint density at radius 1 is 1.22 bits per heavy atom. The van der Waals surface area contributed by atoms with Crippen molar-refractivity contribution in [3.05, 3.63) is 57.9 Å². The van der Waals surface area contributed by atoms with Gasteiger partial charge in [0, 0.05) is 16.8 Å². The van der Waals surface area contributed by atoms with Gasteiger partial charge in [0.05, 0.1) is 6.04 Å². The number of rotatable bonds is 4. The van der Waals surface area contributed by atoms with Crippen LogP contribution in [0, 0.1) is 25.5 Å². The fourth-order valence-electron chi connectivity index (χ4n) is 2.70. The number of carbonyl (C=O) groups excluding carboxylic acids is 2. The van der Waals surface area contributed by atoms with Crippen molar-refractivity contribution in [2.75, 3.05) is 0 Å². The first-order valence-electron chi connectivity index (χ1n) is 7.18. The molecule has 4 nitrogen and oxygen atoms in total. The molecule has 1 aromatic heterocycles. The van der Waals surface area contributed by atoms with E-state index in [0.717, 1.165) is 18.2 Å². The molecule has 0 saturated heterocycles. The lowest BCUT2D eigenvalue weighted by Gasteiger charge is -2.15. The highest BCUT2D eigenvalue weighted by Crippen LogP contribution is 2.21. The summed E-state index contributed by atoms with van der Waals surface area (Å²) in [5.41, 5.74) is 1.92. The van der Waals surface area contributed by atoms with E-state index in [1.165, 1.54) is 6.92 Å². The summed E-state index contributed by atoms with van der Waals surface area (Å²) in [6, 6.07) is 2.37. The molecule has 2 N–H and O–H groups in total. The highest BCUT2D eigenvalue weighted by Gasteiger charge is 2.22. The van der Waals surface area contributed by atoms with Crippen LogP contribution in [0.15, 0.2) is 18.2 Å². The molecule has 1 aromatic carbocycles. The molecule has 2 aromatic rings. The Hall–Kier alpha value is -2.50. The van der Waals surface area contributed by atoms with Crippen molar-refractivity contribution in [1.82, 2.24) is 10.3 Å². The number of carbonyl (C=O) groups is 2. The molecule has 0 aliphatic carbocycles. The van der Waals surface area contributed by atoms with Gasteiger partial charge in [-0.1, -0.05) is 0 Å². The molecule has 0 aliphatic heterocycles. The standard InChI is InChI=1S/C17H18F2N2O2/c1-8-15(11(4)22)10(3)20-16(8)17(23)21-9(2)13-7-12(18)5-6-14(13)19/h5-7,9,20H,1-4H3,(H,21,23). The molecule has 0 radical (unpaired) electrons. The average Bonchev–Trinajstić information content (AvgIpc) is 2.76. The van der Waals surface area contributed by atoms with Crippen LogP contribution in [0.4, 0.5) is 8.78 Å². The first kappa shape index (κ1) is 16.9. The summed E-state index contributed by atoms with van der Waals surface area (Å²) in [6.07, 6.45) is 0. The molecule has 23 heavy (non-hydrogen) atoms. The van der Waals surface area contributed by atoms with Crippen molar-refractivity contribution in [1.29, 1.82) is 0 Å². The molecule has 0 saturated carbocycles. The highest BCUT2D eigenvalue weighted by molar-refractivity contribution is 6.02. The summed E-state index contributed by atoms with van der Waals surface area (Å²) in [5.74, 6) is -1.79. The normalized spacial score (nSPS) is 12.1. The fourth-order valence-corrected chi connectivity index (χ4v) is 2.70. The lowest BCUT2D eigenvalue weighted by molar-refractivity contribution is 0.0934. The van der Waals surface area contributed by atoms with Gasteiger partial charge in [0.15, 0.2) is 5.78 Å². The van der Waals surface area contributed by atoms with Crippen molar-refractivity contribution in [3.8, 4) is 0 Å². The van der Waals surface area contributed by atoms with Crippen LogP contribution in [-0.2, 0) is 0 Å². The van der Waals surface area contributed by atoms with Gasteiger partial charge in [-0.2, -0.15) is 0 Å². The number of nitrogens with one attached hydrogen (secondary N) is 2. The Morgan fingerprint density at radius 2 is 1.87 bits per heavy atom. The molecule has 0 fully saturated rings. The summed E-state index contributed by atoms with van der Waals surface area (Å²) in [7, 11) is 0. The Morgan fingerprint density at radius 3 is 2.43 bits per heavy atom. The zero-order chi connectivity index (χ0) is 17.3. The zero-order valence-corrected chi connectivity index (χ0v) is 13.4. The summed E-state index contributed by atoms with van der Waals surface area (Å²) in [4.78, 5) is 26.8. The largest absolute Gasteiger partial charge is 0.354 e. The number of Topliss-reactive ketones (excluding diaryl/α,β-unsaturated/α-hetero) is 1. The van der Waals surface area contributed by atoms with Crippen LogP contribution in [0.5, 0.6) is 0 Å². The zero-order valence-electron chi connectivity index (χ0n) is 13.4. The third-order valence-corrected chi connectivity index (χ3v) is 3.79. The fraction of sp³-hybridized carbons (Fsp3) is 0.294. The first-order valence-corrected chi connectivity index (χ1v) is 7.18. The molecule has 122 valence electrons. The maximum absolute atomic E-state index is 13.8. The molecule has 6 heteroatoms. The topological polar surface area (TPSA) is 62.0 Å². The molecular formula is C17H18F2N2O2. The van der Waals surface area contributed by atoms with E-state index in [1.54, 1.807) is 20.8 Å². The Balaban J connectivity index is 2.27. The second-order valence-electron chi connectivity index (χ2n) is 5.54. The van der Waals surface area contributed by atoms with E-state index in [1.807, 2.05) is 0 Å². The maximum atomic E-state index is 13.8. The Bertz CT molecular complexity index is 781. The van der Waals surface area contributed by atoms with E-state index < -0.39 is 23.6 Å². The minimum atomic E-state index is -0.720. The molecule has 0 bridgehead atoms. The molecule has 1 amide bonds. The van der Waals surface area contributed by atoms with Crippen LogP contribution in [0.25, 0.3) is 0 Å². The maximum Gasteiger partial charge on any atom is 0.268 e. The predicted molar refractivity (Wildman–Crippen MR) is 82.5 cm³/mol. The first-order chi connectivity index (χ1) is 10.7. The van der Waals surface area contributed by atoms with Crippen molar-refractivity contribution in [2.24, 2.45) is 0 Å². The van der Waals surface area contributed by atoms with E-state index in [0.29, 0.717) is 16.8 Å². The molecule has 1 heterocycles. The molecular weight excluding hydrogens is 302 g/mol. The molecule has 0 spiro atoms. The average molecular weight is 320 g/mol. The summed E-state index contributed by atoms with van der Waals surface area (Å²) in [5, 5.41) is 2.61. The summed E-state index contributed by atoms with van der Waals surface area (Å²) >= 11 is 0. The van der Waals surface area contributed by atoms with Crippen molar-refractivity contribution < 1.29 is 18.4 Å². The van der Waals surface area contributed by atoms with Crippen LogP contribution in [0.1, 0.15) is 57.6 Å². The van der Waals surface area contributed by atoms with E-state index in [-0.39, 0.29) is 17.0 Å². The smallest absolute Gasteiger partial charge is 0.268 e. The monoisotopic (exact) mass is 320 g/mol. The van der Waals surface area contributed by atoms with Gasteiger partial charge in [0.2, 0.25) is 0 Å². The Kier molecular flexibility index (Phi) is 4.63. The lowest BCUT2D eigenvalue weighted by Crippen LogP contribution is -2.28. The van der Waals surface area contributed by atoms with Crippen LogP contribution in [-0.4, -0.2) is 16.7 Å². The van der Waals surface area contributed by atoms with Crippen molar-refractivity contribution in [2.45, 2.75) is 33.7 Å². The minimum absolute atomic E-state index is 0.0612. The van der Waals surface area contributed by atoms with Crippen molar-refractivity contribution >= 4 is 11.7 Å². The SMILES string of the molecule is CC(=O)c1c(C)[nH]c(C(=O)NC(C)c2cc(F)ccc2F)c1C. The Labute approximate surface area is 132 Å². The third-order valence-electron chi connectivity index (χ3n) is 3.79. The number of amides is 1. The third kappa shape index (κ3) is 3.31.